The molecule has 0 bridgehead atoms. The highest BCUT2D eigenvalue weighted by molar-refractivity contribution is 6.31. The van der Waals surface area contributed by atoms with Gasteiger partial charge in [0.2, 0.25) is 0 Å². The molecule has 0 aliphatic rings. The van der Waals surface area contributed by atoms with Crippen molar-refractivity contribution in [2.24, 2.45) is 0 Å². The third kappa shape index (κ3) is 3.07. The van der Waals surface area contributed by atoms with Gasteiger partial charge >= 0.3 is 0 Å². The predicted molar refractivity (Wildman–Crippen MR) is 102 cm³/mol. The van der Waals surface area contributed by atoms with Gasteiger partial charge in [-0.3, -0.25) is 4.68 Å². The number of methoxy groups -OCH3 is 1. The van der Waals surface area contributed by atoms with Gasteiger partial charge in [-0.05, 0) is 23.8 Å². The number of hydrogen-bond donors (Lipinski definition) is 1. The summed E-state index contributed by atoms with van der Waals surface area (Å²) >= 11 is 6.23. The summed E-state index contributed by atoms with van der Waals surface area (Å²) in [5.41, 5.74) is 8.48. The molecule has 0 saturated heterocycles. The van der Waals surface area contributed by atoms with Crippen LogP contribution in [0.4, 0.5) is 5.82 Å². The standard InChI is InChI=1S/C19H16ClN5O/c1-26-14-7-4-6-12(9-14)18-22-17(21)15-11-25(24-19(15)23-18)10-13-5-2-3-8-16(13)20/h2-9,11H,10H2,1H3,(H2,21,22,23,24). The molecule has 0 fully saturated rings. The van der Waals surface area contributed by atoms with Crippen LogP contribution in [0.3, 0.4) is 0 Å². The SMILES string of the molecule is COc1cccc(-c2nc(N)c3cn(Cc4ccccc4Cl)nc3n2)c1. The van der Waals surface area contributed by atoms with Gasteiger partial charge in [-0.15, -0.1) is 0 Å². The fourth-order valence-corrected chi connectivity index (χ4v) is 2.94. The molecule has 0 spiro atoms. The van der Waals surface area contributed by atoms with Crippen LogP contribution in [0.15, 0.2) is 54.7 Å². The average Bonchev–Trinajstić information content (AvgIpc) is 3.07. The van der Waals surface area contributed by atoms with Crippen LogP contribution in [0, 0.1) is 0 Å². The lowest BCUT2D eigenvalue weighted by Gasteiger charge is -2.04. The maximum absolute atomic E-state index is 6.23. The summed E-state index contributed by atoms with van der Waals surface area (Å²) < 4.78 is 7.03. The van der Waals surface area contributed by atoms with Crippen molar-refractivity contribution in [3.63, 3.8) is 0 Å². The highest BCUT2D eigenvalue weighted by Gasteiger charge is 2.12. The molecule has 7 heteroatoms. The van der Waals surface area contributed by atoms with Gasteiger partial charge in [-0.25, -0.2) is 9.97 Å². The summed E-state index contributed by atoms with van der Waals surface area (Å²) in [4.78, 5) is 8.97. The number of aromatic nitrogens is 4. The maximum atomic E-state index is 6.23. The second-order valence-electron chi connectivity index (χ2n) is 5.82. The van der Waals surface area contributed by atoms with Gasteiger partial charge in [-0.1, -0.05) is 41.9 Å². The van der Waals surface area contributed by atoms with Crippen LogP contribution < -0.4 is 10.5 Å². The number of nitrogen functional groups attached to an aromatic ring is 1. The molecule has 0 amide bonds. The molecule has 0 saturated carbocycles. The van der Waals surface area contributed by atoms with E-state index in [1.807, 2.05) is 54.7 Å². The van der Waals surface area contributed by atoms with E-state index < -0.39 is 0 Å². The molecule has 2 aromatic carbocycles. The molecule has 130 valence electrons. The van der Waals surface area contributed by atoms with Crippen molar-refractivity contribution < 1.29 is 4.74 Å². The quantitative estimate of drug-likeness (QED) is 0.595. The van der Waals surface area contributed by atoms with Crippen molar-refractivity contribution in [2.75, 3.05) is 12.8 Å². The van der Waals surface area contributed by atoms with Crippen molar-refractivity contribution in [1.29, 1.82) is 0 Å². The Morgan fingerprint density at radius 1 is 1.12 bits per heavy atom. The first-order chi connectivity index (χ1) is 12.6. The zero-order valence-corrected chi connectivity index (χ0v) is 14.8. The monoisotopic (exact) mass is 365 g/mol. The Hall–Kier alpha value is -3.12. The van der Waals surface area contributed by atoms with Crippen LogP contribution >= 0.6 is 11.6 Å². The predicted octanol–water partition coefficient (Wildman–Crippen LogP) is 3.79. The van der Waals surface area contributed by atoms with Crippen molar-refractivity contribution >= 4 is 28.5 Å². The summed E-state index contributed by atoms with van der Waals surface area (Å²) in [6, 6.07) is 15.2. The zero-order chi connectivity index (χ0) is 18.1. The van der Waals surface area contributed by atoms with Gasteiger partial charge in [0.05, 0.1) is 19.0 Å². The number of hydrogen-bond acceptors (Lipinski definition) is 5. The summed E-state index contributed by atoms with van der Waals surface area (Å²) in [5.74, 6) is 1.63. The highest BCUT2D eigenvalue weighted by Crippen LogP contribution is 2.25. The number of anilines is 1. The molecule has 4 rings (SSSR count). The topological polar surface area (TPSA) is 78.9 Å². The number of benzene rings is 2. The largest absolute Gasteiger partial charge is 0.497 e. The normalized spacial score (nSPS) is 11.0. The lowest BCUT2D eigenvalue weighted by Crippen LogP contribution is -2.00. The molecule has 2 heterocycles. The Morgan fingerprint density at radius 2 is 1.96 bits per heavy atom. The van der Waals surface area contributed by atoms with Gasteiger partial charge in [0.25, 0.3) is 0 Å². The smallest absolute Gasteiger partial charge is 0.186 e. The van der Waals surface area contributed by atoms with E-state index in [0.717, 1.165) is 16.9 Å². The number of nitrogens with zero attached hydrogens (tertiary/aromatic N) is 4. The average molecular weight is 366 g/mol. The fourth-order valence-electron chi connectivity index (χ4n) is 2.75. The van der Waals surface area contributed by atoms with Crippen LogP contribution in [0.5, 0.6) is 5.75 Å². The van der Waals surface area contributed by atoms with Gasteiger partial charge in [0.1, 0.15) is 11.6 Å². The minimum absolute atomic E-state index is 0.387. The number of fused-ring (bicyclic) bond motifs is 1. The Morgan fingerprint density at radius 3 is 2.77 bits per heavy atom. The van der Waals surface area contributed by atoms with Gasteiger partial charge in [-0.2, -0.15) is 5.10 Å². The Labute approximate surface area is 155 Å². The third-order valence-corrected chi connectivity index (χ3v) is 4.44. The molecule has 4 aromatic rings. The Balaban J connectivity index is 1.74. The first-order valence-electron chi connectivity index (χ1n) is 8.02. The third-order valence-electron chi connectivity index (χ3n) is 4.07. The summed E-state index contributed by atoms with van der Waals surface area (Å²) in [5, 5.41) is 5.94. The van der Waals surface area contributed by atoms with Gasteiger partial charge in [0.15, 0.2) is 11.5 Å². The highest BCUT2D eigenvalue weighted by atomic mass is 35.5. The van der Waals surface area contributed by atoms with E-state index in [-0.39, 0.29) is 0 Å². The van der Waals surface area contributed by atoms with E-state index in [1.165, 1.54) is 0 Å². The molecule has 0 radical (unpaired) electrons. The summed E-state index contributed by atoms with van der Waals surface area (Å²) in [7, 11) is 1.62. The molecule has 6 nitrogen and oxygen atoms in total. The fraction of sp³-hybridized carbons (Fsp3) is 0.105. The van der Waals surface area contributed by atoms with Crippen LogP contribution in [0.1, 0.15) is 5.56 Å². The Kier molecular flexibility index (Phi) is 4.18. The van der Waals surface area contributed by atoms with Crippen molar-refractivity contribution in [3.8, 4) is 17.1 Å². The van der Waals surface area contributed by atoms with Gasteiger partial charge < -0.3 is 10.5 Å². The lowest BCUT2D eigenvalue weighted by molar-refractivity contribution is 0.415. The molecular weight excluding hydrogens is 350 g/mol. The van der Waals surface area contributed by atoms with E-state index in [0.29, 0.717) is 34.2 Å². The van der Waals surface area contributed by atoms with Gasteiger partial charge in [0, 0.05) is 16.8 Å². The summed E-state index contributed by atoms with van der Waals surface area (Å²) in [6.07, 6.45) is 1.84. The number of rotatable bonds is 4. The molecule has 0 aliphatic heterocycles. The molecule has 0 atom stereocenters. The minimum atomic E-state index is 0.387. The first kappa shape index (κ1) is 16.4. The van der Waals surface area contributed by atoms with Crippen molar-refractivity contribution in [3.05, 3.63) is 65.3 Å². The number of halogens is 1. The summed E-state index contributed by atoms with van der Waals surface area (Å²) in [6.45, 7) is 0.532. The van der Waals surface area contributed by atoms with Crippen LogP contribution in [-0.4, -0.2) is 26.9 Å². The van der Waals surface area contributed by atoms with Crippen LogP contribution in [0.25, 0.3) is 22.4 Å². The first-order valence-corrected chi connectivity index (χ1v) is 8.40. The second-order valence-corrected chi connectivity index (χ2v) is 6.23. The van der Waals surface area contributed by atoms with E-state index in [1.54, 1.807) is 11.8 Å². The zero-order valence-electron chi connectivity index (χ0n) is 14.1. The number of nitrogens with two attached hydrogens (primary N) is 1. The number of ether oxygens (including phenoxy) is 1. The van der Waals surface area contributed by atoms with E-state index >= 15 is 0 Å². The van der Waals surface area contributed by atoms with Crippen LogP contribution in [0.2, 0.25) is 5.02 Å². The molecule has 2 aromatic heterocycles. The second kappa shape index (κ2) is 6.65. The van der Waals surface area contributed by atoms with E-state index in [4.69, 9.17) is 22.1 Å². The molecule has 26 heavy (non-hydrogen) atoms. The van der Waals surface area contributed by atoms with Crippen molar-refractivity contribution in [2.45, 2.75) is 6.54 Å². The van der Waals surface area contributed by atoms with Crippen molar-refractivity contribution in [1.82, 2.24) is 19.7 Å². The van der Waals surface area contributed by atoms with Crippen LogP contribution in [-0.2, 0) is 6.54 Å². The van der Waals surface area contributed by atoms with E-state index in [9.17, 15) is 0 Å². The lowest BCUT2D eigenvalue weighted by atomic mass is 10.2. The molecule has 0 aliphatic carbocycles. The molecule has 0 unspecified atom stereocenters. The van der Waals surface area contributed by atoms with E-state index in [2.05, 4.69) is 15.1 Å². The Bertz CT molecular complexity index is 1090. The maximum Gasteiger partial charge on any atom is 0.186 e. The molecule has 2 N–H and O–H groups in total. The molecular formula is C19H16ClN5O. The minimum Gasteiger partial charge on any atom is -0.497 e.